The lowest BCUT2D eigenvalue weighted by atomic mass is 10.1. The van der Waals surface area contributed by atoms with Gasteiger partial charge in [0, 0.05) is 5.69 Å². The van der Waals surface area contributed by atoms with Crippen LogP contribution in [0.15, 0.2) is 18.2 Å². The second kappa shape index (κ2) is 5.71. The Hall–Kier alpha value is -2.08. The van der Waals surface area contributed by atoms with Gasteiger partial charge in [0.1, 0.15) is 5.75 Å². The number of hydrogen-bond donors (Lipinski definition) is 3. The summed E-state index contributed by atoms with van der Waals surface area (Å²) in [6, 6.07) is 4.06. The Morgan fingerprint density at radius 2 is 2.21 bits per heavy atom. The van der Waals surface area contributed by atoms with Gasteiger partial charge in [-0.1, -0.05) is 0 Å². The number of carbonyl (C=O) groups is 2. The van der Waals surface area contributed by atoms with Gasteiger partial charge in [0.15, 0.2) is 6.04 Å². The van der Waals surface area contributed by atoms with Gasteiger partial charge in [0.05, 0.1) is 6.61 Å². The van der Waals surface area contributed by atoms with E-state index in [9.17, 15) is 9.59 Å². The van der Waals surface area contributed by atoms with Crippen LogP contribution >= 0.6 is 0 Å². The van der Waals surface area contributed by atoms with Crippen molar-refractivity contribution in [3.63, 3.8) is 0 Å². The first-order chi connectivity index (χ1) is 9.11. The molecule has 6 heteroatoms. The molecule has 1 aliphatic heterocycles. The third kappa shape index (κ3) is 3.03. The molecule has 1 atom stereocenters. The average Bonchev–Trinajstić information content (AvgIpc) is 2.39. The smallest absolute Gasteiger partial charge is 0.330 e. The normalized spacial score (nSPS) is 15.0. The van der Waals surface area contributed by atoms with Crippen LogP contribution in [-0.4, -0.2) is 36.7 Å². The summed E-state index contributed by atoms with van der Waals surface area (Å²) < 4.78 is 5.47. The van der Waals surface area contributed by atoms with E-state index in [1.54, 1.807) is 12.1 Å². The second-order valence-electron chi connectivity index (χ2n) is 4.32. The Bertz CT molecular complexity index is 501. The zero-order valence-electron chi connectivity index (χ0n) is 10.6. The molecule has 6 nitrogen and oxygen atoms in total. The van der Waals surface area contributed by atoms with Crippen molar-refractivity contribution >= 4 is 17.6 Å². The number of nitrogens with one attached hydrogen (secondary N) is 2. The zero-order valence-corrected chi connectivity index (χ0v) is 10.6. The van der Waals surface area contributed by atoms with E-state index < -0.39 is 17.9 Å². The minimum Gasteiger partial charge on any atom is -0.493 e. The van der Waals surface area contributed by atoms with Crippen LogP contribution in [0.2, 0.25) is 0 Å². The molecule has 0 saturated heterocycles. The summed E-state index contributed by atoms with van der Waals surface area (Å²) in [5, 5.41) is 13.9. The van der Waals surface area contributed by atoms with Crippen LogP contribution in [0.4, 0.5) is 5.69 Å². The lowest BCUT2D eigenvalue weighted by Crippen LogP contribution is -2.44. The monoisotopic (exact) mass is 264 g/mol. The third-order valence-corrected chi connectivity index (χ3v) is 2.97. The number of carboxylic acids is 1. The Kier molecular flexibility index (Phi) is 4.01. The molecular formula is C13H16N2O4. The van der Waals surface area contributed by atoms with Crippen molar-refractivity contribution in [2.75, 3.05) is 19.0 Å². The molecular weight excluding hydrogens is 248 g/mol. The fourth-order valence-electron chi connectivity index (χ4n) is 2.02. The van der Waals surface area contributed by atoms with Crippen molar-refractivity contribution in [1.29, 1.82) is 0 Å². The molecule has 0 aromatic heterocycles. The summed E-state index contributed by atoms with van der Waals surface area (Å²) in [7, 11) is 1.43. The van der Waals surface area contributed by atoms with E-state index in [0.29, 0.717) is 12.3 Å². The number of carboxylic acid groups (broad SMARTS) is 1. The number of benzene rings is 1. The van der Waals surface area contributed by atoms with Crippen molar-refractivity contribution in [2.45, 2.75) is 18.9 Å². The fourth-order valence-corrected chi connectivity index (χ4v) is 2.02. The number of rotatable bonds is 4. The molecule has 0 bridgehead atoms. The van der Waals surface area contributed by atoms with E-state index in [1.165, 1.54) is 7.05 Å². The number of likely N-dealkylation sites (N-methyl/N-ethyl adjacent to an activating group) is 1. The van der Waals surface area contributed by atoms with Crippen LogP contribution in [0.3, 0.4) is 0 Å². The van der Waals surface area contributed by atoms with Crippen LogP contribution in [-0.2, 0) is 16.0 Å². The van der Waals surface area contributed by atoms with Gasteiger partial charge in [-0.15, -0.1) is 0 Å². The van der Waals surface area contributed by atoms with Crippen molar-refractivity contribution in [3.8, 4) is 5.75 Å². The van der Waals surface area contributed by atoms with Crippen LogP contribution in [0.1, 0.15) is 12.0 Å². The number of aliphatic carboxylic acids is 1. The SMILES string of the molecule is CNC(C(=O)O)C(=O)Nc1ccc2c(c1)CCCO2. The highest BCUT2D eigenvalue weighted by atomic mass is 16.5. The van der Waals surface area contributed by atoms with Crippen LogP contribution < -0.4 is 15.4 Å². The Labute approximate surface area is 110 Å². The molecule has 1 aromatic rings. The highest BCUT2D eigenvalue weighted by Gasteiger charge is 2.24. The minimum atomic E-state index is -1.26. The maximum Gasteiger partial charge on any atom is 0.330 e. The average molecular weight is 264 g/mol. The molecule has 3 N–H and O–H groups in total. The van der Waals surface area contributed by atoms with Gasteiger partial charge in [0.25, 0.3) is 5.91 Å². The quantitative estimate of drug-likeness (QED) is 0.694. The molecule has 1 unspecified atom stereocenters. The van der Waals surface area contributed by atoms with E-state index in [1.807, 2.05) is 6.07 Å². The number of anilines is 1. The molecule has 0 saturated carbocycles. The topological polar surface area (TPSA) is 87.7 Å². The number of carbonyl (C=O) groups excluding carboxylic acids is 1. The number of amides is 1. The summed E-state index contributed by atoms with van der Waals surface area (Å²) in [4.78, 5) is 22.6. The Morgan fingerprint density at radius 3 is 2.89 bits per heavy atom. The Morgan fingerprint density at radius 1 is 1.42 bits per heavy atom. The van der Waals surface area contributed by atoms with Gasteiger partial charge in [0.2, 0.25) is 0 Å². The summed E-state index contributed by atoms with van der Waals surface area (Å²) in [5.41, 5.74) is 1.61. The molecule has 0 aliphatic carbocycles. The summed E-state index contributed by atoms with van der Waals surface area (Å²) >= 11 is 0. The van der Waals surface area contributed by atoms with Gasteiger partial charge in [-0.25, -0.2) is 4.79 Å². The third-order valence-electron chi connectivity index (χ3n) is 2.97. The first-order valence-corrected chi connectivity index (χ1v) is 6.08. The predicted octanol–water partition coefficient (Wildman–Crippen LogP) is 0.623. The van der Waals surface area contributed by atoms with Crippen LogP contribution in [0.25, 0.3) is 0 Å². The van der Waals surface area contributed by atoms with Crippen molar-refractivity contribution in [3.05, 3.63) is 23.8 Å². The maximum atomic E-state index is 11.8. The van der Waals surface area contributed by atoms with E-state index in [0.717, 1.165) is 24.2 Å². The molecule has 0 fully saturated rings. The van der Waals surface area contributed by atoms with Crippen LogP contribution in [0.5, 0.6) is 5.75 Å². The van der Waals surface area contributed by atoms with Gasteiger partial charge >= 0.3 is 5.97 Å². The molecule has 102 valence electrons. The lowest BCUT2D eigenvalue weighted by Gasteiger charge is -2.18. The number of aryl methyl sites for hydroxylation is 1. The molecule has 2 rings (SSSR count). The minimum absolute atomic E-state index is 0.579. The second-order valence-corrected chi connectivity index (χ2v) is 4.32. The number of fused-ring (bicyclic) bond motifs is 1. The highest BCUT2D eigenvalue weighted by molar-refractivity contribution is 6.07. The van der Waals surface area contributed by atoms with Gasteiger partial charge in [-0.2, -0.15) is 0 Å². The summed E-state index contributed by atoms with van der Waals surface area (Å²) in [5.74, 6) is -0.972. The summed E-state index contributed by atoms with van der Waals surface area (Å²) in [6.45, 7) is 0.708. The standard InChI is InChI=1S/C13H16N2O4/c1-14-11(13(17)18)12(16)15-9-4-5-10-8(7-9)3-2-6-19-10/h4-5,7,11,14H,2-3,6H2,1H3,(H,15,16)(H,17,18). The Balaban J connectivity index is 2.11. The van der Waals surface area contributed by atoms with Crippen molar-refractivity contribution < 1.29 is 19.4 Å². The largest absolute Gasteiger partial charge is 0.493 e. The first-order valence-electron chi connectivity index (χ1n) is 6.08. The molecule has 1 aliphatic rings. The molecule has 0 radical (unpaired) electrons. The van der Waals surface area contributed by atoms with Gasteiger partial charge in [-0.05, 0) is 43.7 Å². The lowest BCUT2D eigenvalue weighted by molar-refractivity contribution is -0.142. The van der Waals surface area contributed by atoms with Crippen molar-refractivity contribution in [1.82, 2.24) is 5.32 Å². The maximum absolute atomic E-state index is 11.8. The van der Waals surface area contributed by atoms with E-state index in [4.69, 9.17) is 9.84 Å². The molecule has 1 heterocycles. The molecule has 19 heavy (non-hydrogen) atoms. The molecule has 1 amide bonds. The van der Waals surface area contributed by atoms with E-state index in [2.05, 4.69) is 10.6 Å². The molecule has 1 aromatic carbocycles. The number of hydrogen-bond acceptors (Lipinski definition) is 4. The summed E-state index contributed by atoms with van der Waals surface area (Å²) in [6.07, 6.45) is 1.84. The van der Waals surface area contributed by atoms with E-state index >= 15 is 0 Å². The van der Waals surface area contributed by atoms with Crippen LogP contribution in [0, 0.1) is 0 Å². The van der Waals surface area contributed by atoms with E-state index in [-0.39, 0.29) is 0 Å². The molecule has 0 spiro atoms. The number of ether oxygens (including phenoxy) is 1. The first kappa shape index (κ1) is 13.4. The predicted molar refractivity (Wildman–Crippen MR) is 69.4 cm³/mol. The van der Waals surface area contributed by atoms with Gasteiger partial charge in [-0.3, -0.25) is 10.1 Å². The fraction of sp³-hybridized carbons (Fsp3) is 0.385. The highest BCUT2D eigenvalue weighted by Crippen LogP contribution is 2.27. The van der Waals surface area contributed by atoms with Crippen molar-refractivity contribution in [2.24, 2.45) is 0 Å². The van der Waals surface area contributed by atoms with Gasteiger partial charge < -0.3 is 15.2 Å². The zero-order chi connectivity index (χ0) is 13.8.